The number of hydrogen-bond donors (Lipinski definition) is 1. The fourth-order valence-corrected chi connectivity index (χ4v) is 3.11. The summed E-state index contributed by atoms with van der Waals surface area (Å²) in [7, 11) is -3.57. The Balaban J connectivity index is 3.02. The van der Waals surface area contributed by atoms with E-state index >= 15 is 0 Å². The molecule has 1 rings (SSSR count). The summed E-state index contributed by atoms with van der Waals surface area (Å²) in [6.07, 6.45) is 0. The van der Waals surface area contributed by atoms with Gasteiger partial charge in [0.1, 0.15) is 0 Å². The second kappa shape index (κ2) is 7.56. The van der Waals surface area contributed by atoms with E-state index < -0.39 is 10.0 Å². The molecule has 0 atom stereocenters. The molecule has 0 unspecified atom stereocenters. The van der Waals surface area contributed by atoms with Gasteiger partial charge in [-0.15, -0.1) is 0 Å². The molecule has 118 valence electrons. The molecule has 0 saturated carbocycles. The van der Waals surface area contributed by atoms with Crippen molar-refractivity contribution in [3.63, 3.8) is 0 Å². The van der Waals surface area contributed by atoms with Gasteiger partial charge in [-0.25, -0.2) is 13.1 Å². The maximum atomic E-state index is 12.3. The SMILES string of the molecule is CCN(CC)C(=O)c1cccc(S(=O)(=O)NCC(C)C)c1. The molecule has 0 bridgehead atoms. The minimum Gasteiger partial charge on any atom is -0.339 e. The summed E-state index contributed by atoms with van der Waals surface area (Å²) < 4.78 is 26.9. The maximum absolute atomic E-state index is 12.3. The van der Waals surface area contributed by atoms with Crippen molar-refractivity contribution in [3.8, 4) is 0 Å². The van der Waals surface area contributed by atoms with E-state index in [0.29, 0.717) is 25.2 Å². The van der Waals surface area contributed by atoms with Crippen LogP contribution in [0.1, 0.15) is 38.1 Å². The summed E-state index contributed by atoms with van der Waals surface area (Å²) in [6.45, 7) is 9.22. The molecule has 0 fully saturated rings. The second-order valence-electron chi connectivity index (χ2n) is 5.25. The Morgan fingerprint density at radius 1 is 1.24 bits per heavy atom. The lowest BCUT2D eigenvalue weighted by Gasteiger charge is -2.19. The Morgan fingerprint density at radius 3 is 2.38 bits per heavy atom. The predicted octanol–water partition coefficient (Wildman–Crippen LogP) is 2.10. The van der Waals surface area contributed by atoms with Crippen LogP contribution in [0.4, 0.5) is 0 Å². The molecule has 1 amide bonds. The van der Waals surface area contributed by atoms with Gasteiger partial charge >= 0.3 is 0 Å². The Kier molecular flexibility index (Phi) is 6.36. The molecule has 0 aliphatic carbocycles. The average molecular weight is 312 g/mol. The molecule has 0 aromatic heterocycles. The van der Waals surface area contributed by atoms with Gasteiger partial charge in [-0.05, 0) is 38.0 Å². The molecular weight excluding hydrogens is 288 g/mol. The standard InChI is InChI=1S/C15H24N2O3S/c1-5-17(6-2)15(18)13-8-7-9-14(10-13)21(19,20)16-11-12(3)4/h7-10,12,16H,5-6,11H2,1-4H3. The zero-order chi connectivity index (χ0) is 16.0. The van der Waals surface area contributed by atoms with Crippen molar-refractivity contribution in [2.45, 2.75) is 32.6 Å². The highest BCUT2D eigenvalue weighted by molar-refractivity contribution is 7.89. The topological polar surface area (TPSA) is 66.5 Å². The van der Waals surface area contributed by atoms with Crippen LogP contribution in [0.15, 0.2) is 29.2 Å². The van der Waals surface area contributed by atoms with Crippen LogP contribution in [0.2, 0.25) is 0 Å². The minimum absolute atomic E-state index is 0.126. The van der Waals surface area contributed by atoms with Crippen LogP contribution in [0.5, 0.6) is 0 Å². The van der Waals surface area contributed by atoms with Crippen molar-refractivity contribution in [1.29, 1.82) is 0 Å². The van der Waals surface area contributed by atoms with Crippen molar-refractivity contribution in [1.82, 2.24) is 9.62 Å². The lowest BCUT2D eigenvalue weighted by molar-refractivity contribution is 0.0772. The highest BCUT2D eigenvalue weighted by Gasteiger charge is 2.18. The van der Waals surface area contributed by atoms with Gasteiger partial charge in [0.25, 0.3) is 5.91 Å². The number of hydrogen-bond acceptors (Lipinski definition) is 3. The van der Waals surface area contributed by atoms with E-state index in [1.54, 1.807) is 17.0 Å². The van der Waals surface area contributed by atoms with E-state index in [1.807, 2.05) is 27.7 Å². The first kappa shape index (κ1) is 17.7. The first-order chi connectivity index (χ1) is 9.81. The summed E-state index contributed by atoms with van der Waals surface area (Å²) in [6, 6.07) is 6.17. The van der Waals surface area contributed by atoms with E-state index in [4.69, 9.17) is 0 Å². The lowest BCUT2D eigenvalue weighted by Crippen LogP contribution is -2.31. The summed E-state index contributed by atoms with van der Waals surface area (Å²) in [5.41, 5.74) is 0.395. The number of amides is 1. The molecule has 0 aliphatic rings. The third-order valence-corrected chi connectivity index (χ3v) is 4.54. The largest absolute Gasteiger partial charge is 0.339 e. The molecule has 1 N–H and O–H groups in total. The fraction of sp³-hybridized carbons (Fsp3) is 0.533. The van der Waals surface area contributed by atoms with Crippen molar-refractivity contribution in [3.05, 3.63) is 29.8 Å². The summed E-state index contributed by atoms with van der Waals surface area (Å²) in [5.74, 6) is 0.0705. The average Bonchev–Trinajstić information content (AvgIpc) is 2.46. The van der Waals surface area contributed by atoms with Crippen LogP contribution in [-0.4, -0.2) is 38.9 Å². The number of carbonyl (C=O) groups excluding carboxylic acids is 1. The number of nitrogens with zero attached hydrogens (tertiary/aromatic N) is 1. The van der Waals surface area contributed by atoms with Gasteiger partial charge in [0.15, 0.2) is 0 Å². The third-order valence-electron chi connectivity index (χ3n) is 3.12. The highest BCUT2D eigenvalue weighted by Crippen LogP contribution is 2.13. The Hall–Kier alpha value is -1.40. The number of benzene rings is 1. The monoisotopic (exact) mass is 312 g/mol. The van der Waals surface area contributed by atoms with Crippen molar-refractivity contribution < 1.29 is 13.2 Å². The van der Waals surface area contributed by atoms with Gasteiger partial charge in [0.2, 0.25) is 10.0 Å². The molecule has 21 heavy (non-hydrogen) atoms. The molecule has 0 saturated heterocycles. The number of rotatable bonds is 7. The number of carbonyl (C=O) groups is 1. The van der Waals surface area contributed by atoms with E-state index in [2.05, 4.69) is 4.72 Å². The Labute approximate surface area is 127 Å². The van der Waals surface area contributed by atoms with Crippen molar-refractivity contribution >= 4 is 15.9 Å². The highest BCUT2D eigenvalue weighted by atomic mass is 32.2. The number of nitrogens with one attached hydrogen (secondary N) is 1. The molecule has 1 aromatic rings. The van der Waals surface area contributed by atoms with Crippen LogP contribution >= 0.6 is 0 Å². The third kappa shape index (κ3) is 4.82. The summed E-state index contributed by atoms with van der Waals surface area (Å²) >= 11 is 0. The van der Waals surface area contributed by atoms with E-state index in [0.717, 1.165) is 0 Å². The molecule has 6 heteroatoms. The van der Waals surface area contributed by atoms with Gasteiger partial charge in [0.05, 0.1) is 4.90 Å². The number of sulfonamides is 1. The van der Waals surface area contributed by atoms with Crippen LogP contribution < -0.4 is 4.72 Å². The first-order valence-corrected chi connectivity index (χ1v) is 8.69. The maximum Gasteiger partial charge on any atom is 0.253 e. The lowest BCUT2D eigenvalue weighted by atomic mass is 10.2. The van der Waals surface area contributed by atoms with Gasteiger partial charge in [-0.1, -0.05) is 19.9 Å². The second-order valence-corrected chi connectivity index (χ2v) is 7.02. The molecule has 0 radical (unpaired) electrons. The fourth-order valence-electron chi connectivity index (χ4n) is 1.85. The van der Waals surface area contributed by atoms with Gasteiger partial charge in [-0.3, -0.25) is 4.79 Å². The van der Waals surface area contributed by atoms with Crippen LogP contribution in [-0.2, 0) is 10.0 Å². The van der Waals surface area contributed by atoms with Crippen molar-refractivity contribution in [2.24, 2.45) is 5.92 Å². The molecular formula is C15H24N2O3S. The molecule has 0 aliphatic heterocycles. The van der Waals surface area contributed by atoms with Crippen LogP contribution in [0.3, 0.4) is 0 Å². The van der Waals surface area contributed by atoms with Crippen molar-refractivity contribution in [2.75, 3.05) is 19.6 Å². The van der Waals surface area contributed by atoms with Crippen LogP contribution in [0, 0.1) is 5.92 Å². The first-order valence-electron chi connectivity index (χ1n) is 7.20. The Morgan fingerprint density at radius 2 is 1.86 bits per heavy atom. The Bertz CT molecular complexity index is 578. The minimum atomic E-state index is -3.57. The van der Waals surface area contributed by atoms with E-state index in [-0.39, 0.29) is 16.7 Å². The quantitative estimate of drug-likeness (QED) is 0.838. The molecule has 0 heterocycles. The van der Waals surface area contributed by atoms with Gasteiger partial charge < -0.3 is 4.90 Å². The van der Waals surface area contributed by atoms with E-state index in [9.17, 15) is 13.2 Å². The predicted molar refractivity (Wildman–Crippen MR) is 83.7 cm³/mol. The summed E-state index contributed by atoms with van der Waals surface area (Å²) in [5, 5.41) is 0. The zero-order valence-electron chi connectivity index (χ0n) is 13.1. The van der Waals surface area contributed by atoms with E-state index in [1.165, 1.54) is 12.1 Å². The molecule has 5 nitrogen and oxygen atoms in total. The van der Waals surface area contributed by atoms with Gasteiger partial charge in [-0.2, -0.15) is 0 Å². The normalized spacial score (nSPS) is 11.7. The molecule has 1 aromatic carbocycles. The smallest absolute Gasteiger partial charge is 0.253 e. The molecule has 0 spiro atoms. The van der Waals surface area contributed by atoms with Gasteiger partial charge in [0, 0.05) is 25.2 Å². The summed E-state index contributed by atoms with van der Waals surface area (Å²) in [4.78, 5) is 14.0. The van der Waals surface area contributed by atoms with Crippen LogP contribution in [0.25, 0.3) is 0 Å². The zero-order valence-corrected chi connectivity index (χ0v) is 13.9.